The van der Waals surface area contributed by atoms with Crippen LogP contribution in [-0.4, -0.2) is 23.1 Å². The van der Waals surface area contributed by atoms with Crippen LogP contribution in [-0.2, 0) is 29.1 Å². The van der Waals surface area contributed by atoms with E-state index in [2.05, 4.69) is 0 Å². The number of carbonyl (C=O) groups is 4. The van der Waals surface area contributed by atoms with E-state index in [1.54, 1.807) is 48.5 Å². The first-order valence-electron chi connectivity index (χ1n) is 7.55. The summed E-state index contributed by atoms with van der Waals surface area (Å²) in [5.74, 6) is -0.404. The second-order valence-electron chi connectivity index (χ2n) is 5.34. The monoisotopic (exact) mass is 388 g/mol. The predicted molar refractivity (Wildman–Crippen MR) is 92.1 cm³/mol. The quantitative estimate of drug-likeness (QED) is 0.429. The minimum absolute atomic E-state index is 0. The van der Waals surface area contributed by atoms with Gasteiger partial charge in [0.1, 0.15) is 11.6 Å². The average Bonchev–Trinajstić information content (AvgIpc) is 2.56. The summed E-state index contributed by atoms with van der Waals surface area (Å²) in [6.07, 6.45) is 0.00796. The normalized spacial score (nSPS) is 9.04. The molecule has 126 valence electrons. The van der Waals surface area contributed by atoms with Crippen molar-refractivity contribution in [2.45, 2.75) is 26.7 Å². The molecule has 0 N–H and O–H groups in total. The van der Waals surface area contributed by atoms with Gasteiger partial charge in [0.2, 0.25) is 0 Å². The fraction of sp³-hybridized carbons (Fsp3) is 0.200. The van der Waals surface area contributed by atoms with E-state index in [0.29, 0.717) is 11.1 Å². The second kappa shape index (κ2) is 12.2. The van der Waals surface area contributed by atoms with Crippen molar-refractivity contribution in [3.05, 3.63) is 71.8 Å². The Kier molecular flexibility index (Phi) is 11.1. The van der Waals surface area contributed by atoms with E-state index in [0.717, 1.165) is 0 Å². The summed E-state index contributed by atoms with van der Waals surface area (Å²) in [6.45, 7) is 2.84. The summed E-state index contributed by atoms with van der Waals surface area (Å²) < 4.78 is 0. The molecule has 0 unspecified atom stereocenters. The molecule has 5 heteroatoms. The van der Waals surface area contributed by atoms with Crippen molar-refractivity contribution < 1.29 is 38.7 Å². The third-order valence-electron chi connectivity index (χ3n) is 3.01. The Labute approximate surface area is 160 Å². The van der Waals surface area contributed by atoms with Crippen LogP contribution in [0.3, 0.4) is 0 Å². The SMILES string of the molecule is CC(=O)CC(=O)c1ccccc1.CC(=O)CC(=O)c1ccccc1.[Zn]. The molecule has 2 aromatic carbocycles. The Bertz CT molecular complexity index is 645. The maximum Gasteiger partial charge on any atom is 0.170 e. The molecule has 0 amide bonds. The number of hydrogen-bond acceptors (Lipinski definition) is 4. The molecule has 0 saturated heterocycles. The summed E-state index contributed by atoms with van der Waals surface area (Å²) >= 11 is 0. The van der Waals surface area contributed by atoms with Crippen LogP contribution in [0.25, 0.3) is 0 Å². The summed E-state index contributed by atoms with van der Waals surface area (Å²) in [7, 11) is 0. The summed E-state index contributed by atoms with van der Waals surface area (Å²) in [5, 5.41) is 0. The van der Waals surface area contributed by atoms with Gasteiger partial charge in [0, 0.05) is 30.6 Å². The van der Waals surface area contributed by atoms with Crippen molar-refractivity contribution in [3.8, 4) is 0 Å². The zero-order chi connectivity index (χ0) is 17.9. The molecule has 2 aromatic rings. The maximum atomic E-state index is 11.2. The van der Waals surface area contributed by atoms with Crippen LogP contribution < -0.4 is 0 Å². The molecule has 0 aliphatic heterocycles. The first-order valence-corrected chi connectivity index (χ1v) is 7.55. The third-order valence-corrected chi connectivity index (χ3v) is 3.01. The van der Waals surface area contributed by atoms with Gasteiger partial charge in [0.05, 0.1) is 12.8 Å². The fourth-order valence-electron chi connectivity index (χ4n) is 1.90. The molecule has 0 aromatic heterocycles. The van der Waals surface area contributed by atoms with Crippen molar-refractivity contribution in [2.75, 3.05) is 0 Å². The zero-order valence-electron chi connectivity index (χ0n) is 14.5. The number of carbonyl (C=O) groups excluding carboxylic acids is 4. The van der Waals surface area contributed by atoms with Gasteiger partial charge >= 0.3 is 0 Å². The number of ketones is 4. The Morgan fingerprint density at radius 3 is 1.12 bits per heavy atom. The fourth-order valence-corrected chi connectivity index (χ4v) is 1.90. The first kappa shape index (κ1) is 22.7. The van der Waals surface area contributed by atoms with Crippen molar-refractivity contribution in [2.24, 2.45) is 0 Å². The molecule has 0 aliphatic carbocycles. The first-order chi connectivity index (χ1) is 11.4. The van der Waals surface area contributed by atoms with Gasteiger partial charge in [-0.2, -0.15) is 0 Å². The van der Waals surface area contributed by atoms with Crippen LogP contribution in [0.15, 0.2) is 60.7 Å². The van der Waals surface area contributed by atoms with Gasteiger partial charge in [0.15, 0.2) is 11.6 Å². The van der Waals surface area contributed by atoms with Gasteiger partial charge in [-0.05, 0) is 13.8 Å². The Balaban J connectivity index is 0.000000443. The molecular weight excluding hydrogens is 370 g/mol. The van der Waals surface area contributed by atoms with Crippen LogP contribution in [0, 0.1) is 0 Å². The molecule has 25 heavy (non-hydrogen) atoms. The molecular formula is C20H20O4Zn. The largest absolute Gasteiger partial charge is 0.300 e. The molecule has 0 spiro atoms. The van der Waals surface area contributed by atoms with Gasteiger partial charge in [-0.25, -0.2) is 0 Å². The Morgan fingerprint density at radius 2 is 0.880 bits per heavy atom. The summed E-state index contributed by atoms with van der Waals surface area (Å²) in [5.41, 5.74) is 1.21. The van der Waals surface area contributed by atoms with Gasteiger partial charge < -0.3 is 0 Å². The molecule has 0 atom stereocenters. The average molecular weight is 390 g/mol. The van der Waals surface area contributed by atoms with Crippen LogP contribution in [0.1, 0.15) is 47.4 Å². The molecule has 0 aliphatic rings. The smallest absolute Gasteiger partial charge is 0.170 e. The van der Waals surface area contributed by atoms with E-state index < -0.39 is 0 Å². The maximum absolute atomic E-state index is 11.2. The van der Waals surface area contributed by atoms with E-state index >= 15 is 0 Å². The molecule has 0 saturated carbocycles. The number of benzene rings is 2. The van der Waals surface area contributed by atoms with Crippen molar-refractivity contribution in [3.63, 3.8) is 0 Å². The van der Waals surface area contributed by atoms with E-state index in [1.165, 1.54) is 13.8 Å². The molecule has 0 radical (unpaired) electrons. The van der Waals surface area contributed by atoms with Crippen LogP contribution in [0.5, 0.6) is 0 Å². The van der Waals surface area contributed by atoms with Gasteiger partial charge in [-0.3, -0.25) is 19.2 Å². The van der Waals surface area contributed by atoms with Crippen molar-refractivity contribution in [1.82, 2.24) is 0 Å². The van der Waals surface area contributed by atoms with E-state index in [-0.39, 0.29) is 55.5 Å². The molecule has 0 fully saturated rings. The van der Waals surface area contributed by atoms with E-state index in [4.69, 9.17) is 0 Å². The molecule has 2 rings (SSSR count). The zero-order valence-corrected chi connectivity index (χ0v) is 17.5. The molecule has 0 bridgehead atoms. The van der Waals surface area contributed by atoms with Crippen molar-refractivity contribution in [1.29, 1.82) is 0 Å². The number of hydrogen-bond donors (Lipinski definition) is 0. The van der Waals surface area contributed by atoms with Gasteiger partial charge in [-0.15, -0.1) is 0 Å². The minimum Gasteiger partial charge on any atom is -0.300 e. The topological polar surface area (TPSA) is 68.3 Å². The molecule has 4 nitrogen and oxygen atoms in total. The number of Topliss-reactive ketones (excluding diaryl/α,β-unsaturated/α-hetero) is 4. The Hall–Kier alpha value is -2.26. The van der Waals surface area contributed by atoms with E-state index in [1.807, 2.05) is 12.1 Å². The minimum atomic E-state index is -0.108. The predicted octanol–water partition coefficient (Wildman–Crippen LogP) is 3.69. The molecule has 0 heterocycles. The standard InChI is InChI=1S/2C10H10O2.Zn/c2*1-8(11)7-10(12)9-5-3-2-4-6-9;/h2*2-6H,7H2,1H3;. The second-order valence-corrected chi connectivity index (χ2v) is 5.34. The van der Waals surface area contributed by atoms with Crippen LogP contribution in [0.2, 0.25) is 0 Å². The summed E-state index contributed by atoms with van der Waals surface area (Å²) in [4.78, 5) is 43.7. The van der Waals surface area contributed by atoms with Crippen molar-refractivity contribution >= 4 is 23.1 Å². The summed E-state index contributed by atoms with van der Waals surface area (Å²) in [6, 6.07) is 17.7. The Morgan fingerprint density at radius 1 is 0.600 bits per heavy atom. The van der Waals surface area contributed by atoms with E-state index in [9.17, 15) is 19.2 Å². The van der Waals surface area contributed by atoms with Crippen LogP contribution >= 0.6 is 0 Å². The van der Waals surface area contributed by atoms with Gasteiger partial charge in [-0.1, -0.05) is 60.7 Å². The number of rotatable bonds is 6. The third kappa shape index (κ3) is 9.58. The van der Waals surface area contributed by atoms with Gasteiger partial charge in [0.25, 0.3) is 0 Å². The van der Waals surface area contributed by atoms with Crippen LogP contribution in [0.4, 0.5) is 0 Å².